The van der Waals surface area contributed by atoms with Crippen molar-refractivity contribution in [3.63, 3.8) is 0 Å². The van der Waals surface area contributed by atoms with Gasteiger partial charge in [-0.25, -0.2) is 22.0 Å². The summed E-state index contributed by atoms with van der Waals surface area (Å²) in [4.78, 5) is 0.735. The average Bonchev–Trinajstić information content (AvgIpc) is 2.87. The van der Waals surface area contributed by atoms with Crippen molar-refractivity contribution in [3.8, 4) is 0 Å². The first-order valence-electron chi connectivity index (χ1n) is 5.78. The first-order chi connectivity index (χ1) is 9.88. The van der Waals surface area contributed by atoms with Crippen LogP contribution >= 0.6 is 27.3 Å². The highest BCUT2D eigenvalue weighted by atomic mass is 79.9. The van der Waals surface area contributed by atoms with Gasteiger partial charge in [-0.1, -0.05) is 0 Å². The molecule has 0 aliphatic carbocycles. The van der Waals surface area contributed by atoms with Crippen molar-refractivity contribution in [2.75, 3.05) is 7.05 Å². The molecule has 1 aromatic carbocycles. The van der Waals surface area contributed by atoms with Gasteiger partial charge in [0, 0.05) is 27.4 Å². The number of halogens is 6. The summed E-state index contributed by atoms with van der Waals surface area (Å²) in [5.74, 6) is -9.64. The van der Waals surface area contributed by atoms with Crippen molar-refractivity contribution in [2.45, 2.75) is 12.5 Å². The fourth-order valence-corrected chi connectivity index (χ4v) is 3.49. The molecule has 0 amide bonds. The fraction of sp³-hybridized carbons (Fsp3) is 0.231. The second-order valence-electron chi connectivity index (χ2n) is 4.22. The zero-order valence-corrected chi connectivity index (χ0v) is 13.0. The summed E-state index contributed by atoms with van der Waals surface area (Å²) in [6.45, 7) is 0. The molecule has 0 spiro atoms. The third kappa shape index (κ3) is 2.97. The van der Waals surface area contributed by atoms with Crippen molar-refractivity contribution in [2.24, 2.45) is 0 Å². The molecule has 1 aromatic heterocycles. The number of benzene rings is 1. The van der Waals surface area contributed by atoms with Crippen LogP contribution in [-0.4, -0.2) is 7.05 Å². The summed E-state index contributed by atoms with van der Waals surface area (Å²) in [5, 5.41) is 4.34. The molecule has 1 N–H and O–H groups in total. The lowest BCUT2D eigenvalue weighted by atomic mass is 10.0. The van der Waals surface area contributed by atoms with Gasteiger partial charge in [-0.2, -0.15) is 0 Å². The molecule has 1 unspecified atom stereocenters. The molecule has 0 aliphatic heterocycles. The highest BCUT2D eigenvalue weighted by Crippen LogP contribution is 2.32. The molecule has 0 saturated heterocycles. The van der Waals surface area contributed by atoms with Crippen LogP contribution in [0.25, 0.3) is 0 Å². The molecular weight excluding hydrogens is 377 g/mol. The maximum Gasteiger partial charge on any atom is 0.200 e. The normalized spacial score (nSPS) is 12.7. The Morgan fingerprint density at radius 1 is 1.05 bits per heavy atom. The minimum absolute atomic E-state index is 0.0904. The molecule has 0 aliphatic rings. The lowest BCUT2D eigenvalue weighted by molar-refractivity contribution is 0.358. The zero-order chi connectivity index (χ0) is 15.7. The molecule has 1 atom stereocenters. The number of likely N-dealkylation sites (N-methyl/N-ethyl adjacent to an activating group) is 1. The van der Waals surface area contributed by atoms with E-state index in [0.717, 1.165) is 9.35 Å². The van der Waals surface area contributed by atoms with Crippen molar-refractivity contribution >= 4 is 27.3 Å². The van der Waals surface area contributed by atoms with E-state index in [1.807, 2.05) is 0 Å². The van der Waals surface area contributed by atoms with Gasteiger partial charge in [0.25, 0.3) is 0 Å². The van der Waals surface area contributed by atoms with Crippen molar-refractivity contribution in [3.05, 3.63) is 55.4 Å². The van der Waals surface area contributed by atoms with Crippen LogP contribution < -0.4 is 5.32 Å². The maximum absolute atomic E-state index is 13.8. The Bertz CT molecular complexity index is 644. The van der Waals surface area contributed by atoms with Crippen molar-refractivity contribution < 1.29 is 22.0 Å². The molecule has 0 fully saturated rings. The minimum atomic E-state index is -2.15. The summed E-state index contributed by atoms with van der Waals surface area (Å²) in [6, 6.07) is 0.704. The standard InChI is InChI=1S/C13H9BrF5NS/c1-20-6(4-7-5(14)2-3-21-7)8-9(15)11(17)13(19)12(18)10(8)16/h2-3,6,20H,4H2,1H3. The van der Waals surface area contributed by atoms with Gasteiger partial charge in [0.15, 0.2) is 23.3 Å². The quantitative estimate of drug-likeness (QED) is 0.456. The second kappa shape index (κ2) is 6.41. The lowest BCUT2D eigenvalue weighted by Gasteiger charge is -2.18. The van der Waals surface area contributed by atoms with Gasteiger partial charge in [0.1, 0.15) is 0 Å². The van der Waals surface area contributed by atoms with E-state index in [1.165, 1.54) is 18.4 Å². The predicted octanol–water partition coefficient (Wildman–Crippen LogP) is 4.71. The molecule has 2 rings (SSSR count). The van der Waals surface area contributed by atoms with Gasteiger partial charge in [0.05, 0.1) is 0 Å². The Morgan fingerprint density at radius 2 is 1.57 bits per heavy atom. The Hall–Kier alpha value is -0.990. The summed E-state index contributed by atoms with van der Waals surface area (Å²) in [5.41, 5.74) is -0.853. The van der Waals surface area contributed by atoms with E-state index in [9.17, 15) is 22.0 Å². The van der Waals surface area contributed by atoms with Gasteiger partial charge in [-0.3, -0.25) is 0 Å². The molecule has 0 saturated carbocycles. The van der Waals surface area contributed by atoms with Crippen LogP contribution in [0.2, 0.25) is 0 Å². The molecule has 0 bridgehead atoms. The molecular formula is C13H9BrF5NS. The zero-order valence-electron chi connectivity index (χ0n) is 10.6. The highest BCUT2D eigenvalue weighted by Gasteiger charge is 2.30. The monoisotopic (exact) mass is 385 g/mol. The first kappa shape index (κ1) is 16.4. The van der Waals surface area contributed by atoms with Crippen LogP contribution in [0, 0.1) is 29.1 Å². The average molecular weight is 386 g/mol. The molecule has 1 heterocycles. The number of rotatable bonds is 4. The Balaban J connectivity index is 2.50. The smallest absolute Gasteiger partial charge is 0.200 e. The topological polar surface area (TPSA) is 12.0 Å². The SMILES string of the molecule is CNC(Cc1sccc1Br)c1c(F)c(F)c(F)c(F)c1F. The molecule has 1 nitrogen and oxygen atoms in total. The molecule has 8 heteroatoms. The third-order valence-corrected chi connectivity index (χ3v) is 4.97. The van der Waals surface area contributed by atoms with E-state index < -0.39 is 40.7 Å². The van der Waals surface area contributed by atoms with Crippen LogP contribution in [0.5, 0.6) is 0 Å². The van der Waals surface area contributed by atoms with Gasteiger partial charge in [0.2, 0.25) is 5.82 Å². The van der Waals surface area contributed by atoms with Crippen LogP contribution in [0.15, 0.2) is 15.9 Å². The van der Waals surface area contributed by atoms with E-state index in [-0.39, 0.29) is 6.42 Å². The predicted molar refractivity (Wildman–Crippen MR) is 73.8 cm³/mol. The Morgan fingerprint density at radius 3 is 2.00 bits per heavy atom. The van der Waals surface area contributed by atoms with E-state index in [1.54, 1.807) is 11.4 Å². The highest BCUT2D eigenvalue weighted by molar-refractivity contribution is 9.10. The number of thiophene rings is 1. The van der Waals surface area contributed by atoms with Gasteiger partial charge in [-0.15, -0.1) is 11.3 Å². The fourth-order valence-electron chi connectivity index (χ4n) is 1.93. The van der Waals surface area contributed by atoms with Gasteiger partial charge < -0.3 is 5.32 Å². The lowest BCUT2D eigenvalue weighted by Crippen LogP contribution is -2.23. The summed E-state index contributed by atoms with van der Waals surface area (Å²) < 4.78 is 67.9. The van der Waals surface area contributed by atoms with Crippen LogP contribution in [0.1, 0.15) is 16.5 Å². The molecule has 0 radical (unpaired) electrons. The second-order valence-corrected chi connectivity index (χ2v) is 6.08. The van der Waals surface area contributed by atoms with Gasteiger partial charge in [-0.05, 0) is 34.4 Å². The van der Waals surface area contributed by atoms with Crippen LogP contribution in [0.3, 0.4) is 0 Å². The van der Waals surface area contributed by atoms with Gasteiger partial charge >= 0.3 is 0 Å². The molecule has 21 heavy (non-hydrogen) atoms. The number of nitrogens with one attached hydrogen (secondary N) is 1. The van der Waals surface area contributed by atoms with Crippen LogP contribution in [0.4, 0.5) is 22.0 Å². The molecule has 114 valence electrons. The first-order valence-corrected chi connectivity index (χ1v) is 7.46. The summed E-state index contributed by atoms with van der Waals surface area (Å²) in [7, 11) is 1.39. The van der Waals surface area contributed by atoms with Crippen LogP contribution in [-0.2, 0) is 6.42 Å². The van der Waals surface area contributed by atoms with Crippen molar-refractivity contribution in [1.82, 2.24) is 5.32 Å². The maximum atomic E-state index is 13.8. The van der Waals surface area contributed by atoms with E-state index in [2.05, 4.69) is 21.2 Å². The molecule has 2 aromatic rings. The van der Waals surface area contributed by atoms with Crippen molar-refractivity contribution in [1.29, 1.82) is 0 Å². The van der Waals surface area contributed by atoms with E-state index >= 15 is 0 Å². The summed E-state index contributed by atoms with van der Waals surface area (Å²) >= 11 is 4.58. The number of hydrogen-bond acceptors (Lipinski definition) is 2. The Labute approximate surface area is 129 Å². The van der Waals surface area contributed by atoms with E-state index in [4.69, 9.17) is 0 Å². The largest absolute Gasteiger partial charge is 0.313 e. The summed E-state index contributed by atoms with van der Waals surface area (Å²) in [6.07, 6.45) is 0.0904. The minimum Gasteiger partial charge on any atom is -0.313 e. The van der Waals surface area contributed by atoms with E-state index in [0.29, 0.717) is 0 Å². The third-order valence-electron chi connectivity index (χ3n) is 3.02. The number of hydrogen-bond donors (Lipinski definition) is 1. The Kier molecular flexibility index (Phi) is 5.00.